The van der Waals surface area contributed by atoms with Crippen LogP contribution >= 0.6 is 0 Å². The van der Waals surface area contributed by atoms with Crippen LogP contribution in [0.3, 0.4) is 0 Å². The summed E-state index contributed by atoms with van der Waals surface area (Å²) < 4.78 is 46.2. The molecule has 1 saturated heterocycles. The van der Waals surface area contributed by atoms with Gasteiger partial charge in [0.05, 0.1) is 15.4 Å². The summed E-state index contributed by atoms with van der Waals surface area (Å²) in [7, 11) is -5.26. The minimum absolute atomic E-state index is 0.0481. The van der Waals surface area contributed by atoms with Crippen LogP contribution in [0.1, 0.15) is 19.4 Å². The molecular weight excluding hydrogens is 364 g/mol. The van der Waals surface area contributed by atoms with Crippen LogP contribution in [0, 0.1) is 0 Å². The summed E-state index contributed by atoms with van der Waals surface area (Å²) in [6.45, 7) is 4.46. The molecule has 0 spiro atoms. The number of benzene rings is 1. The average Bonchev–Trinajstić information content (AvgIpc) is 2.51. The molecule has 0 atom stereocenters. The highest BCUT2D eigenvalue weighted by molar-refractivity contribution is 7.92. The van der Waals surface area contributed by atoms with Gasteiger partial charge in [0.2, 0.25) is 10.0 Å². The van der Waals surface area contributed by atoms with Crippen LogP contribution < -0.4 is 10.5 Å². The average molecular weight is 389 g/mol. The first-order chi connectivity index (χ1) is 11.5. The van der Waals surface area contributed by atoms with Crippen LogP contribution in [0.5, 0.6) is 0 Å². The topological polar surface area (TPSA) is 122 Å². The van der Waals surface area contributed by atoms with E-state index in [-0.39, 0.29) is 10.6 Å². The SMILES string of the molecule is CN=C(NCc1cccc(S(N)(=O)=O)c1)N1CCS(=O)(=O)C(C)(C)C1. The Morgan fingerprint density at radius 2 is 2.08 bits per heavy atom. The minimum Gasteiger partial charge on any atom is -0.352 e. The van der Waals surface area contributed by atoms with E-state index in [1.807, 2.05) is 4.90 Å². The second-order valence-corrected chi connectivity index (χ2v) is 10.9. The Balaban J connectivity index is 2.10. The Kier molecular flexibility index (Phi) is 5.45. The van der Waals surface area contributed by atoms with Gasteiger partial charge in [-0.3, -0.25) is 4.99 Å². The highest BCUT2D eigenvalue weighted by atomic mass is 32.2. The summed E-state index contributed by atoms with van der Waals surface area (Å²) in [6.07, 6.45) is 0. The minimum atomic E-state index is -3.75. The van der Waals surface area contributed by atoms with Gasteiger partial charge < -0.3 is 10.2 Å². The quantitative estimate of drug-likeness (QED) is 0.552. The van der Waals surface area contributed by atoms with Gasteiger partial charge >= 0.3 is 0 Å². The first-order valence-corrected chi connectivity index (χ1v) is 11.0. The molecule has 3 N–H and O–H groups in total. The standard InChI is InChI=1S/C15H24N4O4S2/c1-15(2)11-19(7-8-24(15,20)21)14(17-3)18-10-12-5-4-6-13(9-12)25(16,22)23/h4-6,9H,7-8,10-11H2,1-3H3,(H,17,18)(H2,16,22,23). The number of rotatable bonds is 3. The third kappa shape index (κ3) is 4.50. The molecule has 1 aliphatic heterocycles. The first-order valence-electron chi connectivity index (χ1n) is 7.76. The molecule has 1 aliphatic rings. The van der Waals surface area contributed by atoms with E-state index in [2.05, 4.69) is 10.3 Å². The maximum absolute atomic E-state index is 12.1. The fourth-order valence-corrected chi connectivity index (χ4v) is 4.62. The summed E-state index contributed by atoms with van der Waals surface area (Å²) in [4.78, 5) is 6.15. The molecule has 0 unspecified atom stereocenters. The molecule has 0 aromatic heterocycles. The number of nitrogens with one attached hydrogen (secondary N) is 1. The van der Waals surface area contributed by atoms with Crippen LogP contribution in [0.4, 0.5) is 0 Å². The van der Waals surface area contributed by atoms with Crippen molar-refractivity contribution in [3.8, 4) is 0 Å². The fourth-order valence-electron chi connectivity index (χ4n) is 2.67. The Bertz CT molecular complexity index is 877. The Labute approximate surface area is 149 Å². The second-order valence-electron chi connectivity index (χ2n) is 6.59. The Morgan fingerprint density at radius 3 is 2.64 bits per heavy atom. The smallest absolute Gasteiger partial charge is 0.238 e. The van der Waals surface area contributed by atoms with Crippen LogP contribution in [0.15, 0.2) is 34.2 Å². The van der Waals surface area contributed by atoms with Crippen LogP contribution in [0.2, 0.25) is 0 Å². The lowest BCUT2D eigenvalue weighted by atomic mass is 10.2. The van der Waals surface area contributed by atoms with E-state index in [9.17, 15) is 16.8 Å². The number of hydrogen-bond donors (Lipinski definition) is 2. The maximum Gasteiger partial charge on any atom is 0.238 e. The number of nitrogens with two attached hydrogens (primary N) is 1. The Morgan fingerprint density at radius 1 is 1.40 bits per heavy atom. The molecule has 1 heterocycles. The molecule has 25 heavy (non-hydrogen) atoms. The van der Waals surface area contributed by atoms with Crippen molar-refractivity contribution in [2.45, 2.75) is 30.0 Å². The van der Waals surface area contributed by atoms with Gasteiger partial charge in [-0.05, 0) is 31.5 Å². The summed E-state index contributed by atoms with van der Waals surface area (Å²) in [6, 6.07) is 6.33. The second kappa shape index (κ2) is 6.93. The molecule has 1 aromatic rings. The molecule has 8 nitrogen and oxygen atoms in total. The van der Waals surface area contributed by atoms with E-state index >= 15 is 0 Å². The molecule has 0 radical (unpaired) electrons. The van der Waals surface area contributed by atoms with Crippen LogP contribution in [0.25, 0.3) is 0 Å². The summed E-state index contributed by atoms with van der Waals surface area (Å²) in [5.41, 5.74) is 0.733. The molecule has 140 valence electrons. The predicted molar refractivity (Wildman–Crippen MR) is 97.5 cm³/mol. The third-order valence-corrected chi connectivity index (χ3v) is 7.68. The Hall–Kier alpha value is -1.65. The van der Waals surface area contributed by atoms with Crippen molar-refractivity contribution in [2.24, 2.45) is 10.1 Å². The highest BCUT2D eigenvalue weighted by Crippen LogP contribution is 2.23. The van der Waals surface area contributed by atoms with Crippen molar-refractivity contribution < 1.29 is 16.8 Å². The van der Waals surface area contributed by atoms with Crippen molar-refractivity contribution in [1.82, 2.24) is 10.2 Å². The van der Waals surface area contributed by atoms with E-state index in [1.54, 1.807) is 33.0 Å². The normalized spacial score (nSPS) is 20.3. The fraction of sp³-hybridized carbons (Fsp3) is 0.533. The zero-order valence-corrected chi connectivity index (χ0v) is 16.2. The number of hydrogen-bond acceptors (Lipinski definition) is 5. The van der Waals surface area contributed by atoms with E-state index in [0.29, 0.717) is 25.6 Å². The van der Waals surface area contributed by atoms with Gasteiger partial charge in [-0.15, -0.1) is 0 Å². The maximum atomic E-state index is 12.1. The van der Waals surface area contributed by atoms with Crippen LogP contribution in [-0.4, -0.2) is 58.3 Å². The molecule has 1 aromatic carbocycles. The van der Waals surface area contributed by atoms with Gasteiger partial charge in [-0.2, -0.15) is 0 Å². The molecular formula is C15H24N4O4S2. The molecule has 1 fully saturated rings. The van der Waals surface area contributed by atoms with Gasteiger partial charge in [0.25, 0.3) is 0 Å². The highest BCUT2D eigenvalue weighted by Gasteiger charge is 2.40. The van der Waals surface area contributed by atoms with E-state index in [1.165, 1.54) is 12.1 Å². The summed E-state index contributed by atoms with van der Waals surface area (Å²) in [5.74, 6) is 0.644. The largest absolute Gasteiger partial charge is 0.352 e. The number of primary sulfonamides is 1. The molecule has 10 heteroatoms. The molecule has 2 rings (SSSR count). The zero-order valence-electron chi connectivity index (χ0n) is 14.6. The molecule has 0 amide bonds. The van der Waals surface area contributed by atoms with Gasteiger partial charge in [0.1, 0.15) is 0 Å². The van der Waals surface area contributed by atoms with Crippen molar-refractivity contribution in [1.29, 1.82) is 0 Å². The number of sulfonamides is 1. The monoisotopic (exact) mass is 388 g/mol. The predicted octanol–water partition coefficient (Wildman–Crippen LogP) is -0.0816. The van der Waals surface area contributed by atoms with Gasteiger partial charge in [-0.1, -0.05) is 12.1 Å². The summed E-state index contributed by atoms with van der Waals surface area (Å²) >= 11 is 0. The first kappa shape index (κ1) is 19.7. The number of sulfone groups is 1. The van der Waals surface area contributed by atoms with E-state index < -0.39 is 24.6 Å². The zero-order chi connectivity index (χ0) is 18.9. The third-order valence-electron chi connectivity index (χ3n) is 4.23. The number of nitrogens with zero attached hydrogens (tertiary/aromatic N) is 2. The van der Waals surface area contributed by atoms with Crippen molar-refractivity contribution in [2.75, 3.05) is 25.9 Å². The van der Waals surface area contributed by atoms with Gasteiger partial charge in [0.15, 0.2) is 15.8 Å². The van der Waals surface area contributed by atoms with Crippen LogP contribution in [-0.2, 0) is 26.4 Å². The molecule has 0 bridgehead atoms. The van der Waals surface area contributed by atoms with Gasteiger partial charge in [-0.25, -0.2) is 22.0 Å². The van der Waals surface area contributed by atoms with E-state index in [0.717, 1.165) is 5.56 Å². The van der Waals surface area contributed by atoms with Crippen molar-refractivity contribution >= 4 is 25.8 Å². The molecule has 0 aliphatic carbocycles. The number of aliphatic imine (C=N–C) groups is 1. The van der Waals surface area contributed by atoms with Crippen molar-refractivity contribution in [3.63, 3.8) is 0 Å². The lowest BCUT2D eigenvalue weighted by Gasteiger charge is -2.39. The lowest BCUT2D eigenvalue weighted by Crippen LogP contribution is -2.57. The van der Waals surface area contributed by atoms with Crippen molar-refractivity contribution in [3.05, 3.63) is 29.8 Å². The number of guanidine groups is 1. The molecule has 0 saturated carbocycles. The lowest BCUT2D eigenvalue weighted by molar-refractivity contribution is 0.353. The summed E-state index contributed by atoms with van der Waals surface area (Å²) in [5, 5.41) is 8.29. The van der Waals surface area contributed by atoms with E-state index in [4.69, 9.17) is 5.14 Å². The van der Waals surface area contributed by atoms with Gasteiger partial charge in [0, 0.05) is 26.7 Å².